The predicted octanol–water partition coefficient (Wildman–Crippen LogP) is 2.95. The van der Waals surface area contributed by atoms with E-state index in [-0.39, 0.29) is 0 Å². The molecular formula is C13H20N2OS. The molecule has 2 atom stereocenters. The molecule has 3 rings (SSSR count). The van der Waals surface area contributed by atoms with E-state index < -0.39 is 0 Å². The van der Waals surface area contributed by atoms with Crippen molar-refractivity contribution >= 4 is 11.8 Å². The third-order valence-electron chi connectivity index (χ3n) is 3.87. The van der Waals surface area contributed by atoms with Crippen LogP contribution >= 0.6 is 11.8 Å². The third-order valence-corrected chi connectivity index (χ3v) is 5.05. The molecule has 2 aliphatic rings. The number of methoxy groups -OCH3 is 1. The maximum absolute atomic E-state index is 5.48. The number of aromatic amines is 1. The summed E-state index contributed by atoms with van der Waals surface area (Å²) in [5, 5.41) is 1.82. The maximum atomic E-state index is 5.48. The fourth-order valence-electron chi connectivity index (χ4n) is 2.90. The van der Waals surface area contributed by atoms with Gasteiger partial charge in [0, 0.05) is 18.1 Å². The molecule has 0 aliphatic heterocycles. The Balaban J connectivity index is 1.62. The van der Waals surface area contributed by atoms with Gasteiger partial charge in [0.2, 0.25) is 0 Å². The normalized spacial score (nSPS) is 28.3. The number of hydrogen-bond acceptors (Lipinski definition) is 3. The lowest BCUT2D eigenvalue weighted by atomic mass is 9.97. The Morgan fingerprint density at radius 2 is 2.24 bits per heavy atom. The first-order valence-corrected chi connectivity index (χ1v) is 7.50. The molecule has 1 heterocycles. The first kappa shape index (κ1) is 11.6. The number of rotatable bonds is 3. The minimum atomic E-state index is 0.461. The Hall–Kier alpha value is -0.480. The second-order valence-corrected chi connectivity index (χ2v) is 6.37. The first-order valence-electron chi connectivity index (χ1n) is 6.62. The van der Waals surface area contributed by atoms with E-state index in [9.17, 15) is 0 Å². The molecule has 1 saturated carbocycles. The van der Waals surface area contributed by atoms with E-state index in [1.165, 1.54) is 49.9 Å². The minimum Gasteiger partial charge on any atom is -0.381 e. The summed E-state index contributed by atoms with van der Waals surface area (Å²) in [6, 6.07) is 0. The highest BCUT2D eigenvalue weighted by molar-refractivity contribution is 7.99. The molecule has 1 fully saturated rings. The van der Waals surface area contributed by atoms with Gasteiger partial charge in [-0.1, -0.05) is 11.8 Å². The zero-order chi connectivity index (χ0) is 11.7. The monoisotopic (exact) mass is 252 g/mol. The van der Waals surface area contributed by atoms with Crippen LogP contribution in [-0.4, -0.2) is 28.4 Å². The Bertz CT molecular complexity index is 369. The molecule has 2 unspecified atom stereocenters. The van der Waals surface area contributed by atoms with Crippen LogP contribution < -0.4 is 0 Å². The summed E-state index contributed by atoms with van der Waals surface area (Å²) in [7, 11) is 1.83. The average molecular weight is 252 g/mol. The highest BCUT2D eigenvalue weighted by Gasteiger charge is 2.24. The smallest absolute Gasteiger partial charge is 0.166 e. The van der Waals surface area contributed by atoms with Crippen molar-refractivity contribution in [1.29, 1.82) is 0 Å². The van der Waals surface area contributed by atoms with Crippen molar-refractivity contribution in [3.63, 3.8) is 0 Å². The second-order valence-electron chi connectivity index (χ2n) is 5.08. The summed E-state index contributed by atoms with van der Waals surface area (Å²) < 4.78 is 5.48. The van der Waals surface area contributed by atoms with E-state index >= 15 is 0 Å². The van der Waals surface area contributed by atoms with Crippen molar-refractivity contribution in [1.82, 2.24) is 9.97 Å². The summed E-state index contributed by atoms with van der Waals surface area (Å²) in [4.78, 5) is 8.19. The maximum Gasteiger partial charge on any atom is 0.166 e. The summed E-state index contributed by atoms with van der Waals surface area (Å²) in [5.41, 5.74) is 2.69. The van der Waals surface area contributed by atoms with Gasteiger partial charge in [-0.15, -0.1) is 0 Å². The summed E-state index contributed by atoms with van der Waals surface area (Å²) >= 11 is 1.92. The van der Waals surface area contributed by atoms with Gasteiger partial charge in [0.1, 0.15) is 0 Å². The molecule has 1 N–H and O–H groups in total. The van der Waals surface area contributed by atoms with Crippen LogP contribution in [0.2, 0.25) is 0 Å². The van der Waals surface area contributed by atoms with Crippen molar-refractivity contribution in [2.75, 3.05) is 7.11 Å². The molecular weight excluding hydrogens is 232 g/mol. The van der Waals surface area contributed by atoms with Crippen molar-refractivity contribution in [3.8, 4) is 0 Å². The molecule has 0 saturated heterocycles. The van der Waals surface area contributed by atoms with Crippen LogP contribution in [0.3, 0.4) is 0 Å². The lowest BCUT2D eigenvalue weighted by Gasteiger charge is -2.26. The summed E-state index contributed by atoms with van der Waals surface area (Å²) in [5.74, 6) is 0. The lowest BCUT2D eigenvalue weighted by molar-refractivity contribution is 0.0730. The van der Waals surface area contributed by atoms with E-state index in [2.05, 4.69) is 4.98 Å². The lowest BCUT2D eigenvalue weighted by Crippen LogP contribution is -2.23. The van der Waals surface area contributed by atoms with E-state index in [1.807, 2.05) is 18.9 Å². The van der Waals surface area contributed by atoms with E-state index in [0.717, 1.165) is 11.6 Å². The molecule has 0 spiro atoms. The third kappa shape index (κ3) is 2.52. The van der Waals surface area contributed by atoms with Crippen molar-refractivity contribution in [3.05, 3.63) is 11.4 Å². The number of fused-ring (bicyclic) bond motifs is 1. The minimum absolute atomic E-state index is 0.461. The van der Waals surface area contributed by atoms with Gasteiger partial charge in [0.15, 0.2) is 5.16 Å². The number of nitrogens with one attached hydrogen (secondary N) is 1. The first-order chi connectivity index (χ1) is 8.35. The molecule has 3 nitrogen and oxygen atoms in total. The van der Waals surface area contributed by atoms with Crippen molar-refractivity contribution < 1.29 is 4.74 Å². The van der Waals surface area contributed by atoms with Crippen LogP contribution in [0.4, 0.5) is 0 Å². The van der Waals surface area contributed by atoms with Gasteiger partial charge in [-0.05, 0) is 44.9 Å². The van der Waals surface area contributed by atoms with Gasteiger partial charge in [0.05, 0.1) is 11.8 Å². The highest BCUT2D eigenvalue weighted by atomic mass is 32.2. The Labute approximate surface area is 107 Å². The predicted molar refractivity (Wildman–Crippen MR) is 69.5 cm³/mol. The van der Waals surface area contributed by atoms with E-state index in [0.29, 0.717) is 11.4 Å². The van der Waals surface area contributed by atoms with Crippen LogP contribution in [0.5, 0.6) is 0 Å². The molecule has 0 bridgehead atoms. The summed E-state index contributed by atoms with van der Waals surface area (Å²) in [6.07, 6.45) is 9.07. The van der Waals surface area contributed by atoms with Crippen LogP contribution in [-0.2, 0) is 17.6 Å². The van der Waals surface area contributed by atoms with E-state index in [4.69, 9.17) is 9.72 Å². The number of thioether (sulfide) groups is 1. The van der Waals surface area contributed by atoms with Crippen molar-refractivity contribution in [2.45, 2.75) is 61.5 Å². The Morgan fingerprint density at radius 1 is 1.29 bits per heavy atom. The molecule has 1 aromatic rings. The van der Waals surface area contributed by atoms with Gasteiger partial charge in [0.25, 0.3) is 0 Å². The van der Waals surface area contributed by atoms with Gasteiger partial charge in [-0.2, -0.15) is 0 Å². The highest BCUT2D eigenvalue weighted by Crippen LogP contribution is 2.34. The molecule has 0 aromatic carbocycles. The van der Waals surface area contributed by atoms with Crippen LogP contribution in [0.15, 0.2) is 5.16 Å². The van der Waals surface area contributed by atoms with E-state index in [1.54, 1.807) is 0 Å². The molecule has 0 radical (unpaired) electrons. The number of H-pyrrole nitrogens is 1. The van der Waals surface area contributed by atoms with Crippen LogP contribution in [0.1, 0.15) is 43.5 Å². The molecule has 0 amide bonds. The number of nitrogens with zero attached hydrogens (tertiary/aromatic N) is 1. The zero-order valence-electron chi connectivity index (χ0n) is 10.4. The number of hydrogen-bond donors (Lipinski definition) is 1. The SMILES string of the molecule is COC1CCCC(Sc2nc3c([nH]2)CCC3)C1. The summed E-state index contributed by atoms with van der Waals surface area (Å²) in [6.45, 7) is 0. The fraction of sp³-hybridized carbons (Fsp3) is 0.769. The van der Waals surface area contributed by atoms with Crippen LogP contribution in [0, 0.1) is 0 Å². The average Bonchev–Trinajstić information content (AvgIpc) is 2.90. The quantitative estimate of drug-likeness (QED) is 0.898. The molecule has 2 aliphatic carbocycles. The number of ether oxygens (including phenoxy) is 1. The standard InChI is InChI=1S/C13H20N2OS/c1-16-9-4-2-5-10(8-9)17-13-14-11-6-3-7-12(11)15-13/h9-10H,2-8H2,1H3,(H,14,15). The van der Waals surface area contributed by atoms with Gasteiger partial charge in [-0.3, -0.25) is 0 Å². The topological polar surface area (TPSA) is 37.9 Å². The van der Waals surface area contributed by atoms with Crippen molar-refractivity contribution in [2.24, 2.45) is 0 Å². The van der Waals surface area contributed by atoms with Gasteiger partial charge < -0.3 is 9.72 Å². The molecule has 17 heavy (non-hydrogen) atoms. The fourth-order valence-corrected chi connectivity index (χ4v) is 4.16. The van der Waals surface area contributed by atoms with Gasteiger partial charge >= 0.3 is 0 Å². The Morgan fingerprint density at radius 3 is 3.06 bits per heavy atom. The van der Waals surface area contributed by atoms with Gasteiger partial charge in [-0.25, -0.2) is 4.98 Å². The molecule has 1 aromatic heterocycles. The van der Waals surface area contributed by atoms with Crippen LogP contribution in [0.25, 0.3) is 0 Å². The zero-order valence-corrected chi connectivity index (χ0v) is 11.2. The second kappa shape index (κ2) is 5.02. The molecule has 4 heteroatoms. The number of imidazole rings is 1. The number of aryl methyl sites for hydroxylation is 2. The Kier molecular flexibility index (Phi) is 3.43. The number of aromatic nitrogens is 2. The largest absolute Gasteiger partial charge is 0.381 e. The molecule has 94 valence electrons.